The summed E-state index contributed by atoms with van der Waals surface area (Å²) in [5, 5.41) is 14.7. The van der Waals surface area contributed by atoms with Gasteiger partial charge in [0.25, 0.3) is 0 Å². The fourth-order valence-corrected chi connectivity index (χ4v) is 9.51. The van der Waals surface area contributed by atoms with Crippen LogP contribution in [0.3, 0.4) is 0 Å². The van der Waals surface area contributed by atoms with Crippen molar-refractivity contribution in [3.05, 3.63) is 83.3 Å². The minimum Gasteiger partial charge on any atom is -0.461 e. The van der Waals surface area contributed by atoms with Crippen LogP contribution in [0.5, 0.6) is 6.01 Å². The maximum Gasteiger partial charge on any atom is 0.319 e. The molecule has 3 aliphatic heterocycles. The molecule has 0 saturated carbocycles. The molecule has 4 aromatic rings. The minimum atomic E-state index is -1.26. The molecule has 3 fully saturated rings. The van der Waals surface area contributed by atoms with Crippen LogP contribution in [-0.2, 0) is 16.0 Å². The summed E-state index contributed by atoms with van der Waals surface area (Å²) >= 11 is 0. The number of amides is 1. The van der Waals surface area contributed by atoms with Gasteiger partial charge in [-0.2, -0.15) is 9.97 Å². The van der Waals surface area contributed by atoms with Gasteiger partial charge in [-0.1, -0.05) is 18.6 Å². The second kappa shape index (κ2) is 16.5. The minimum absolute atomic E-state index is 0.000752. The zero-order valence-corrected chi connectivity index (χ0v) is 34.3. The van der Waals surface area contributed by atoms with Gasteiger partial charge < -0.3 is 34.6 Å². The third-order valence-electron chi connectivity index (χ3n) is 12.4. The number of ether oxygens (including phenoxy) is 2. The lowest BCUT2D eigenvalue weighted by atomic mass is 9.72. The van der Waals surface area contributed by atoms with Crippen molar-refractivity contribution in [3.63, 3.8) is 0 Å². The van der Waals surface area contributed by atoms with Gasteiger partial charge in [-0.3, -0.25) is 9.78 Å². The van der Waals surface area contributed by atoms with E-state index in [1.54, 1.807) is 19.2 Å². The molecule has 6 heterocycles. The predicted octanol–water partition coefficient (Wildman–Crippen LogP) is 5.78. The third kappa shape index (κ3) is 8.07. The van der Waals surface area contributed by atoms with E-state index in [0.717, 1.165) is 25.1 Å². The summed E-state index contributed by atoms with van der Waals surface area (Å²) in [4.78, 5) is 37.4. The Morgan fingerprint density at radius 1 is 1.13 bits per heavy atom. The largest absolute Gasteiger partial charge is 0.461 e. The molecule has 1 aromatic carbocycles. The Kier molecular flexibility index (Phi) is 11.4. The summed E-state index contributed by atoms with van der Waals surface area (Å²) in [7, 11) is 0. The molecule has 0 radical (unpaired) electrons. The molecule has 12 nitrogen and oxygen atoms in total. The monoisotopic (exact) mass is 824 g/mol. The summed E-state index contributed by atoms with van der Waals surface area (Å²) in [6.45, 7) is 12.2. The molecular formula is C45H51F3N8O4. The molecule has 0 spiro atoms. The van der Waals surface area contributed by atoms with E-state index in [1.165, 1.54) is 18.3 Å². The van der Waals surface area contributed by atoms with E-state index in [1.807, 2.05) is 28.9 Å². The van der Waals surface area contributed by atoms with E-state index in [2.05, 4.69) is 39.6 Å². The van der Waals surface area contributed by atoms with Crippen LogP contribution in [0.1, 0.15) is 81.2 Å². The highest BCUT2D eigenvalue weighted by atomic mass is 19.1. The molecule has 0 bridgehead atoms. The number of nitrogens with one attached hydrogen (secondary N) is 1. The van der Waals surface area contributed by atoms with Gasteiger partial charge in [0.05, 0.1) is 59.4 Å². The second-order valence-electron chi connectivity index (χ2n) is 17.2. The first-order chi connectivity index (χ1) is 28.8. The zero-order valence-electron chi connectivity index (χ0n) is 34.3. The summed E-state index contributed by atoms with van der Waals surface area (Å²) in [6, 6.07) is 6.52. The number of nitrogens with zero attached hydrogens (tertiary/aromatic N) is 7. The molecule has 15 heteroatoms. The molecule has 1 unspecified atom stereocenters. The molecule has 3 aromatic heterocycles. The number of anilines is 3. The SMILES string of the molecule is C#Cc1c(F)ccc2c1[C@@H](c1ncc3c(N4CCCCC(NC(=O)C=C)C4)nc(OC[C@]4(C)C[C@@H](F)CN4c4ccc(N5CCOC[C@@H]5C)cn4)nc3c1F)C[C@](C)(O)C2. The Morgan fingerprint density at radius 3 is 2.72 bits per heavy atom. The number of morpholine rings is 1. The molecule has 1 amide bonds. The summed E-state index contributed by atoms with van der Waals surface area (Å²) in [5.41, 5.74) is -0.315. The van der Waals surface area contributed by atoms with Crippen LogP contribution < -0.4 is 24.8 Å². The van der Waals surface area contributed by atoms with Crippen molar-refractivity contribution in [3.8, 4) is 18.4 Å². The number of aliphatic hydroxyl groups is 1. The van der Waals surface area contributed by atoms with Crippen molar-refractivity contribution in [2.75, 3.05) is 60.7 Å². The number of aromatic nitrogens is 4. The van der Waals surface area contributed by atoms with E-state index in [-0.39, 0.29) is 73.2 Å². The molecule has 60 heavy (non-hydrogen) atoms. The molecule has 6 atom stereocenters. The molecule has 3 saturated heterocycles. The van der Waals surface area contributed by atoms with E-state index in [9.17, 15) is 9.90 Å². The third-order valence-corrected chi connectivity index (χ3v) is 12.4. The van der Waals surface area contributed by atoms with Crippen molar-refractivity contribution >= 4 is 34.1 Å². The van der Waals surface area contributed by atoms with Crippen molar-refractivity contribution in [1.82, 2.24) is 25.3 Å². The Morgan fingerprint density at radius 2 is 1.97 bits per heavy atom. The van der Waals surface area contributed by atoms with Gasteiger partial charge in [-0.15, -0.1) is 6.42 Å². The highest BCUT2D eigenvalue weighted by Crippen LogP contribution is 2.45. The van der Waals surface area contributed by atoms with Gasteiger partial charge >= 0.3 is 6.01 Å². The Balaban J connectivity index is 1.17. The molecule has 1 aliphatic carbocycles. The van der Waals surface area contributed by atoms with E-state index in [4.69, 9.17) is 25.9 Å². The van der Waals surface area contributed by atoms with Crippen LogP contribution >= 0.6 is 0 Å². The quantitative estimate of drug-likeness (QED) is 0.158. The average Bonchev–Trinajstić information content (AvgIpc) is 3.36. The second-order valence-corrected chi connectivity index (χ2v) is 17.2. The first kappa shape index (κ1) is 41.3. The van der Waals surface area contributed by atoms with Crippen LogP contribution in [0, 0.1) is 24.0 Å². The van der Waals surface area contributed by atoms with Gasteiger partial charge in [-0.25, -0.2) is 18.2 Å². The van der Waals surface area contributed by atoms with Gasteiger partial charge in [0, 0.05) is 56.7 Å². The van der Waals surface area contributed by atoms with Crippen LogP contribution in [0.15, 0.2) is 49.3 Å². The summed E-state index contributed by atoms with van der Waals surface area (Å²) in [5.74, 6) is 0.784. The van der Waals surface area contributed by atoms with Crippen molar-refractivity contribution in [1.29, 1.82) is 0 Å². The highest BCUT2D eigenvalue weighted by Gasteiger charge is 2.45. The fourth-order valence-electron chi connectivity index (χ4n) is 9.51. The number of fused-ring (bicyclic) bond motifs is 2. The molecule has 8 rings (SSSR count). The standard InChI is InChI=1S/C45H51F3N8O4/c1-6-32-35(47)13-11-28-18-45(5,58)20-33(38(28)32)40-39(48)41-34(22-50-40)42(54-15-9-8-10-30(24-54)51-37(57)7-2)53-43(52-41)60-26-44(4)19-29(46)23-56(44)36-14-12-31(21-49-36)55-16-17-59-25-27(55)3/h1,7,11-14,21-22,27,29-30,33,58H,2,8-10,15-20,23-26H2,3-5H3,(H,51,57)/t27-,29+,30?,33-,44-,45+/m0/s1. The first-order valence-corrected chi connectivity index (χ1v) is 20.7. The zero-order chi connectivity index (χ0) is 42.3. The van der Waals surface area contributed by atoms with Gasteiger partial charge in [0.15, 0.2) is 5.82 Å². The van der Waals surface area contributed by atoms with E-state index >= 15 is 13.2 Å². The number of rotatable bonds is 9. The number of terminal acetylenes is 1. The lowest BCUT2D eigenvalue weighted by molar-refractivity contribution is -0.117. The number of halogens is 3. The highest BCUT2D eigenvalue weighted by molar-refractivity contribution is 5.90. The number of carbonyl (C=O) groups excluding carboxylic acids is 1. The van der Waals surface area contributed by atoms with Crippen molar-refractivity contribution in [2.45, 2.75) is 94.6 Å². The number of benzene rings is 1. The lowest BCUT2D eigenvalue weighted by Gasteiger charge is -2.37. The smallest absolute Gasteiger partial charge is 0.319 e. The molecule has 316 valence electrons. The number of hydrogen-bond acceptors (Lipinski definition) is 11. The van der Waals surface area contributed by atoms with Crippen molar-refractivity contribution < 1.29 is 32.5 Å². The first-order valence-electron chi connectivity index (χ1n) is 20.7. The lowest BCUT2D eigenvalue weighted by Crippen LogP contribution is -2.47. The molecular weight excluding hydrogens is 774 g/mol. The fraction of sp³-hybridized carbons (Fsp3) is 0.489. The molecule has 2 N–H and O–H groups in total. The van der Waals surface area contributed by atoms with Crippen molar-refractivity contribution in [2.24, 2.45) is 0 Å². The van der Waals surface area contributed by atoms with Crippen LogP contribution in [0.25, 0.3) is 10.9 Å². The normalized spacial score (nSPS) is 26.9. The van der Waals surface area contributed by atoms with Crippen LogP contribution in [0.2, 0.25) is 0 Å². The van der Waals surface area contributed by atoms with Gasteiger partial charge in [0.1, 0.15) is 35.7 Å². The Labute approximate surface area is 348 Å². The summed E-state index contributed by atoms with van der Waals surface area (Å²) in [6.07, 6.45) is 11.9. The number of pyridine rings is 2. The van der Waals surface area contributed by atoms with Crippen LogP contribution in [0.4, 0.5) is 30.5 Å². The van der Waals surface area contributed by atoms with Gasteiger partial charge in [0.2, 0.25) is 5.91 Å². The average molecular weight is 825 g/mol. The Hall–Kier alpha value is -5.46. The van der Waals surface area contributed by atoms with E-state index < -0.39 is 34.9 Å². The number of hydrogen-bond donors (Lipinski definition) is 2. The van der Waals surface area contributed by atoms with Crippen LogP contribution in [-0.4, -0.2) is 106 Å². The Bertz CT molecular complexity index is 2320. The maximum atomic E-state index is 17.4. The maximum absolute atomic E-state index is 17.4. The molecule has 4 aliphatic rings. The van der Waals surface area contributed by atoms with E-state index in [0.29, 0.717) is 60.9 Å². The summed E-state index contributed by atoms with van der Waals surface area (Å²) < 4.78 is 59.9. The number of carbonyl (C=O) groups is 1. The van der Waals surface area contributed by atoms with Gasteiger partial charge in [-0.05, 0) is 81.9 Å². The predicted molar refractivity (Wildman–Crippen MR) is 223 cm³/mol. The topological polar surface area (TPSA) is 129 Å². The number of alkyl halides is 1.